The molecule has 128 valence electrons. The van der Waals surface area contributed by atoms with Gasteiger partial charge in [-0.05, 0) is 41.0 Å². The van der Waals surface area contributed by atoms with Gasteiger partial charge in [0.05, 0.1) is 0 Å². The van der Waals surface area contributed by atoms with Crippen LogP contribution in [-0.2, 0) is 5.41 Å². The van der Waals surface area contributed by atoms with Crippen LogP contribution in [0.2, 0.25) is 0 Å². The summed E-state index contributed by atoms with van der Waals surface area (Å²) in [5, 5.41) is 4.64. The zero-order valence-corrected chi connectivity index (χ0v) is 15.6. The molecule has 4 aromatic rings. The Bertz CT molecular complexity index is 1190. The second-order valence-corrected chi connectivity index (χ2v) is 8.20. The van der Waals surface area contributed by atoms with Crippen LogP contribution in [0.5, 0.6) is 11.5 Å². The summed E-state index contributed by atoms with van der Waals surface area (Å²) in [7, 11) is 0. The Morgan fingerprint density at radius 3 is 2.46 bits per heavy atom. The fourth-order valence-corrected chi connectivity index (χ4v) is 3.90. The van der Waals surface area contributed by atoms with E-state index in [1.165, 1.54) is 16.5 Å². The van der Waals surface area contributed by atoms with Crippen molar-refractivity contribution < 1.29 is 4.74 Å². The Balaban J connectivity index is 1.90. The Labute approximate surface area is 153 Å². The summed E-state index contributed by atoms with van der Waals surface area (Å²) in [6.45, 7) is 8.90. The van der Waals surface area contributed by atoms with E-state index in [1.807, 2.05) is 12.3 Å². The first-order chi connectivity index (χ1) is 12.4. The van der Waals surface area contributed by atoms with E-state index >= 15 is 0 Å². The summed E-state index contributed by atoms with van der Waals surface area (Å²) in [4.78, 5) is 4.80. The van der Waals surface area contributed by atoms with Crippen LogP contribution in [0, 0.1) is 6.92 Å². The standard InChI is InChI=1S/C24H21NO/c1-14-11-16(24(2,3)4)12-18-19(14)13-25-22-17-9-5-7-15-8-6-10-20(21(15)17)26-23(18)22/h5-13H,1-4H3. The lowest BCUT2D eigenvalue weighted by molar-refractivity contribution is 0.490. The number of hydrogen-bond donors (Lipinski definition) is 0. The molecule has 0 saturated heterocycles. The van der Waals surface area contributed by atoms with E-state index in [2.05, 4.69) is 70.2 Å². The van der Waals surface area contributed by atoms with Crippen molar-refractivity contribution >= 4 is 21.5 Å². The number of aromatic nitrogens is 1. The minimum atomic E-state index is 0.0850. The number of rotatable bonds is 0. The fourth-order valence-electron chi connectivity index (χ4n) is 3.90. The molecule has 0 saturated carbocycles. The van der Waals surface area contributed by atoms with E-state index in [4.69, 9.17) is 9.72 Å². The average Bonchev–Trinajstić information content (AvgIpc) is 2.61. The van der Waals surface area contributed by atoms with Gasteiger partial charge < -0.3 is 4.74 Å². The van der Waals surface area contributed by atoms with Crippen molar-refractivity contribution in [3.63, 3.8) is 0 Å². The zero-order chi connectivity index (χ0) is 18.1. The molecule has 0 atom stereocenters. The third kappa shape index (κ3) is 2.08. The highest BCUT2D eigenvalue weighted by Crippen LogP contribution is 2.48. The molecular formula is C24H21NO. The molecule has 2 heteroatoms. The second-order valence-electron chi connectivity index (χ2n) is 8.20. The Morgan fingerprint density at radius 1 is 0.923 bits per heavy atom. The van der Waals surface area contributed by atoms with Crippen LogP contribution >= 0.6 is 0 Å². The van der Waals surface area contributed by atoms with Gasteiger partial charge in [0.15, 0.2) is 5.75 Å². The van der Waals surface area contributed by atoms with Gasteiger partial charge in [0.2, 0.25) is 0 Å². The van der Waals surface area contributed by atoms with Gasteiger partial charge >= 0.3 is 0 Å². The summed E-state index contributed by atoms with van der Waals surface area (Å²) < 4.78 is 6.42. The van der Waals surface area contributed by atoms with Crippen LogP contribution < -0.4 is 4.74 Å². The van der Waals surface area contributed by atoms with Crippen molar-refractivity contribution in [2.24, 2.45) is 0 Å². The van der Waals surface area contributed by atoms with Gasteiger partial charge in [-0.1, -0.05) is 57.2 Å². The minimum Gasteiger partial charge on any atom is -0.454 e. The highest BCUT2D eigenvalue weighted by atomic mass is 16.5. The normalized spacial score (nSPS) is 12.9. The molecule has 0 N–H and O–H groups in total. The molecule has 0 aliphatic carbocycles. The highest BCUT2D eigenvalue weighted by molar-refractivity contribution is 6.07. The maximum absolute atomic E-state index is 6.42. The average molecular weight is 339 g/mol. The van der Waals surface area contributed by atoms with E-state index in [-0.39, 0.29) is 5.41 Å². The van der Waals surface area contributed by atoms with Crippen molar-refractivity contribution in [2.75, 3.05) is 0 Å². The third-order valence-electron chi connectivity index (χ3n) is 5.37. The van der Waals surface area contributed by atoms with Crippen LogP contribution in [0.15, 0.2) is 54.7 Å². The molecule has 0 amide bonds. The number of aryl methyl sites for hydroxylation is 1. The SMILES string of the molecule is Cc1cc(C(C)(C)C)cc2c3c(ncc12)-c1cccc2cccc(c12)O3. The predicted octanol–water partition coefficient (Wildman–Crippen LogP) is 6.77. The van der Waals surface area contributed by atoms with Gasteiger partial charge in [-0.15, -0.1) is 0 Å². The molecule has 5 rings (SSSR count). The molecule has 0 radical (unpaired) electrons. The van der Waals surface area contributed by atoms with Crippen molar-refractivity contribution in [1.29, 1.82) is 0 Å². The van der Waals surface area contributed by atoms with Crippen molar-refractivity contribution in [3.8, 4) is 22.8 Å². The second kappa shape index (κ2) is 5.07. The number of ether oxygens (including phenoxy) is 1. The molecule has 0 bridgehead atoms. The molecular weight excluding hydrogens is 318 g/mol. The summed E-state index contributed by atoms with van der Waals surface area (Å²) in [5.41, 5.74) is 4.73. The first-order valence-electron chi connectivity index (χ1n) is 9.07. The van der Waals surface area contributed by atoms with E-state index in [0.717, 1.165) is 38.9 Å². The topological polar surface area (TPSA) is 22.1 Å². The van der Waals surface area contributed by atoms with Gasteiger partial charge in [-0.25, -0.2) is 0 Å². The first-order valence-corrected chi connectivity index (χ1v) is 9.07. The lowest BCUT2D eigenvalue weighted by Crippen LogP contribution is -2.11. The minimum absolute atomic E-state index is 0.0850. The number of fused-ring (bicyclic) bond motifs is 4. The number of pyridine rings is 1. The van der Waals surface area contributed by atoms with Gasteiger partial charge in [0.1, 0.15) is 11.4 Å². The van der Waals surface area contributed by atoms with E-state index < -0.39 is 0 Å². The number of nitrogens with zero attached hydrogens (tertiary/aromatic N) is 1. The lowest BCUT2D eigenvalue weighted by Gasteiger charge is -2.24. The largest absolute Gasteiger partial charge is 0.454 e. The quantitative estimate of drug-likeness (QED) is 0.311. The fraction of sp³-hybridized carbons (Fsp3) is 0.208. The molecule has 2 nitrogen and oxygen atoms in total. The van der Waals surface area contributed by atoms with E-state index in [1.54, 1.807) is 0 Å². The van der Waals surface area contributed by atoms with Crippen molar-refractivity contribution in [1.82, 2.24) is 4.98 Å². The Morgan fingerprint density at radius 2 is 1.69 bits per heavy atom. The lowest BCUT2D eigenvalue weighted by atomic mass is 9.84. The molecule has 1 aromatic heterocycles. The maximum atomic E-state index is 6.42. The smallest absolute Gasteiger partial charge is 0.161 e. The van der Waals surface area contributed by atoms with Crippen LogP contribution in [-0.4, -0.2) is 4.98 Å². The first kappa shape index (κ1) is 15.4. The summed E-state index contributed by atoms with van der Waals surface area (Å²) in [6, 6.07) is 17.1. The van der Waals surface area contributed by atoms with Crippen LogP contribution in [0.25, 0.3) is 32.8 Å². The molecule has 1 aliphatic rings. The van der Waals surface area contributed by atoms with Crippen molar-refractivity contribution in [3.05, 3.63) is 65.9 Å². The predicted molar refractivity (Wildman–Crippen MR) is 108 cm³/mol. The summed E-state index contributed by atoms with van der Waals surface area (Å²) in [6.07, 6.45) is 1.99. The maximum Gasteiger partial charge on any atom is 0.161 e. The van der Waals surface area contributed by atoms with Crippen molar-refractivity contribution in [2.45, 2.75) is 33.1 Å². The Hall–Kier alpha value is -2.87. The Kier molecular flexibility index (Phi) is 3.00. The zero-order valence-electron chi connectivity index (χ0n) is 15.6. The summed E-state index contributed by atoms with van der Waals surface area (Å²) in [5.74, 6) is 1.79. The molecule has 0 unspecified atom stereocenters. The van der Waals surface area contributed by atoms with Gasteiger partial charge in [0, 0.05) is 27.9 Å². The van der Waals surface area contributed by atoms with Crippen LogP contribution in [0.1, 0.15) is 31.9 Å². The van der Waals surface area contributed by atoms with Gasteiger partial charge in [-0.2, -0.15) is 0 Å². The molecule has 2 heterocycles. The molecule has 26 heavy (non-hydrogen) atoms. The van der Waals surface area contributed by atoms with E-state index in [9.17, 15) is 0 Å². The van der Waals surface area contributed by atoms with Gasteiger partial charge in [-0.3, -0.25) is 4.98 Å². The molecule has 0 spiro atoms. The molecule has 0 fully saturated rings. The van der Waals surface area contributed by atoms with E-state index in [0.29, 0.717) is 0 Å². The molecule has 3 aromatic carbocycles. The van der Waals surface area contributed by atoms with Crippen LogP contribution in [0.3, 0.4) is 0 Å². The number of benzene rings is 3. The van der Waals surface area contributed by atoms with Gasteiger partial charge in [0.25, 0.3) is 0 Å². The third-order valence-corrected chi connectivity index (χ3v) is 5.37. The highest BCUT2D eigenvalue weighted by Gasteiger charge is 2.24. The number of hydrogen-bond acceptors (Lipinski definition) is 2. The summed E-state index contributed by atoms with van der Waals surface area (Å²) >= 11 is 0. The molecule has 1 aliphatic heterocycles. The monoisotopic (exact) mass is 339 g/mol. The van der Waals surface area contributed by atoms with Crippen LogP contribution in [0.4, 0.5) is 0 Å².